The van der Waals surface area contributed by atoms with Gasteiger partial charge in [-0.3, -0.25) is 4.79 Å². The van der Waals surface area contributed by atoms with Gasteiger partial charge in [0.1, 0.15) is 5.41 Å². The van der Waals surface area contributed by atoms with Gasteiger partial charge in [-0.1, -0.05) is 43.2 Å². The van der Waals surface area contributed by atoms with E-state index in [4.69, 9.17) is 0 Å². The summed E-state index contributed by atoms with van der Waals surface area (Å²) in [5.74, 6) is -0.562. The third-order valence-electron chi connectivity index (χ3n) is 4.11. The van der Waals surface area contributed by atoms with Crippen LogP contribution in [0.5, 0.6) is 0 Å². The molecule has 0 radical (unpaired) electrons. The van der Waals surface area contributed by atoms with Crippen LogP contribution in [-0.2, 0) is 4.79 Å². The van der Waals surface area contributed by atoms with Crippen molar-refractivity contribution in [2.24, 2.45) is 5.41 Å². The first kappa shape index (κ1) is 12.1. The first-order valence-electron chi connectivity index (χ1n) is 6.28. The molecule has 17 heavy (non-hydrogen) atoms. The highest BCUT2D eigenvalue weighted by atomic mass is 16.4. The van der Waals surface area contributed by atoms with E-state index >= 15 is 0 Å². The third-order valence-corrected chi connectivity index (χ3v) is 4.11. The van der Waals surface area contributed by atoms with E-state index in [0.717, 1.165) is 31.2 Å². The SMILES string of the molecule is [NH3+]C[C@@]1(C(=O)O)CCCC[C@@H]1c1ccccc1. The molecule has 0 bridgehead atoms. The van der Waals surface area contributed by atoms with Crippen LogP contribution in [-0.4, -0.2) is 17.6 Å². The molecule has 1 aliphatic carbocycles. The number of carboxylic acid groups (broad SMARTS) is 1. The topological polar surface area (TPSA) is 64.9 Å². The van der Waals surface area contributed by atoms with E-state index in [9.17, 15) is 9.90 Å². The largest absolute Gasteiger partial charge is 0.481 e. The van der Waals surface area contributed by atoms with Crippen molar-refractivity contribution in [2.75, 3.05) is 6.54 Å². The summed E-state index contributed by atoms with van der Waals surface area (Å²) < 4.78 is 0. The van der Waals surface area contributed by atoms with E-state index in [2.05, 4.69) is 5.73 Å². The van der Waals surface area contributed by atoms with Gasteiger partial charge in [-0.25, -0.2) is 0 Å². The average molecular weight is 234 g/mol. The van der Waals surface area contributed by atoms with Crippen molar-refractivity contribution in [1.29, 1.82) is 0 Å². The third kappa shape index (κ3) is 2.07. The zero-order chi connectivity index (χ0) is 12.3. The molecule has 3 nitrogen and oxygen atoms in total. The van der Waals surface area contributed by atoms with Crippen molar-refractivity contribution in [3.8, 4) is 0 Å². The van der Waals surface area contributed by atoms with Crippen molar-refractivity contribution in [2.45, 2.75) is 31.6 Å². The Morgan fingerprint density at radius 1 is 1.35 bits per heavy atom. The molecule has 4 N–H and O–H groups in total. The summed E-state index contributed by atoms with van der Waals surface area (Å²) in [5.41, 5.74) is 4.40. The van der Waals surface area contributed by atoms with E-state index in [-0.39, 0.29) is 5.92 Å². The molecule has 2 rings (SSSR count). The molecule has 0 spiro atoms. The van der Waals surface area contributed by atoms with Crippen molar-refractivity contribution in [3.63, 3.8) is 0 Å². The number of carboxylic acids is 1. The maximum absolute atomic E-state index is 11.7. The monoisotopic (exact) mass is 234 g/mol. The molecule has 3 heteroatoms. The second-order valence-electron chi connectivity index (χ2n) is 4.92. The molecular formula is C14H20NO2+. The van der Waals surface area contributed by atoms with Crippen LogP contribution < -0.4 is 5.73 Å². The van der Waals surface area contributed by atoms with Gasteiger partial charge >= 0.3 is 5.97 Å². The van der Waals surface area contributed by atoms with Gasteiger partial charge in [-0.05, 0) is 18.4 Å². The molecule has 0 saturated heterocycles. The number of benzene rings is 1. The van der Waals surface area contributed by atoms with Crippen LogP contribution in [0.1, 0.15) is 37.2 Å². The smallest absolute Gasteiger partial charge is 0.316 e. The van der Waals surface area contributed by atoms with E-state index in [1.54, 1.807) is 0 Å². The zero-order valence-electron chi connectivity index (χ0n) is 10.1. The zero-order valence-corrected chi connectivity index (χ0v) is 10.1. The second kappa shape index (κ2) is 4.88. The fraction of sp³-hybridized carbons (Fsp3) is 0.500. The van der Waals surface area contributed by atoms with Crippen molar-refractivity contribution in [3.05, 3.63) is 35.9 Å². The summed E-state index contributed by atoms with van der Waals surface area (Å²) >= 11 is 0. The Morgan fingerprint density at radius 3 is 2.65 bits per heavy atom. The van der Waals surface area contributed by atoms with Crippen molar-refractivity contribution < 1.29 is 15.6 Å². The highest BCUT2D eigenvalue weighted by Crippen LogP contribution is 2.46. The predicted molar refractivity (Wildman–Crippen MR) is 65.5 cm³/mol. The molecule has 0 unspecified atom stereocenters. The van der Waals surface area contributed by atoms with Gasteiger partial charge in [0, 0.05) is 5.92 Å². The Bertz CT molecular complexity index is 390. The Labute approximate surface area is 102 Å². The van der Waals surface area contributed by atoms with Gasteiger partial charge in [0.2, 0.25) is 0 Å². The fourth-order valence-electron chi connectivity index (χ4n) is 3.07. The Morgan fingerprint density at radius 2 is 2.06 bits per heavy atom. The fourth-order valence-corrected chi connectivity index (χ4v) is 3.07. The minimum absolute atomic E-state index is 0.118. The second-order valence-corrected chi connectivity index (χ2v) is 4.92. The summed E-state index contributed by atoms with van der Waals surface area (Å²) in [6.45, 7) is 0.474. The van der Waals surface area contributed by atoms with Crippen molar-refractivity contribution >= 4 is 5.97 Å². The van der Waals surface area contributed by atoms with Crippen molar-refractivity contribution in [1.82, 2.24) is 0 Å². The quantitative estimate of drug-likeness (QED) is 0.835. The maximum Gasteiger partial charge on any atom is 0.316 e. The number of aliphatic carboxylic acids is 1. The minimum atomic E-state index is -0.680. The number of quaternary nitrogens is 1. The Hall–Kier alpha value is -1.35. The lowest BCUT2D eigenvalue weighted by Crippen LogP contribution is -2.63. The molecule has 0 heterocycles. The van der Waals surface area contributed by atoms with Gasteiger partial charge in [0.05, 0.1) is 6.54 Å². The van der Waals surface area contributed by atoms with Crippen LogP contribution in [0.3, 0.4) is 0 Å². The number of hydrogen-bond donors (Lipinski definition) is 2. The van der Waals surface area contributed by atoms with E-state index in [1.807, 2.05) is 30.3 Å². The van der Waals surface area contributed by atoms with Crippen LogP contribution >= 0.6 is 0 Å². The molecule has 0 aliphatic heterocycles. The highest BCUT2D eigenvalue weighted by Gasteiger charge is 2.48. The molecule has 2 atom stereocenters. The number of hydrogen-bond acceptors (Lipinski definition) is 1. The van der Waals surface area contributed by atoms with Gasteiger partial charge in [0.25, 0.3) is 0 Å². The van der Waals surface area contributed by atoms with E-state index < -0.39 is 11.4 Å². The van der Waals surface area contributed by atoms with Gasteiger partial charge in [-0.2, -0.15) is 0 Å². The molecule has 1 saturated carbocycles. The summed E-state index contributed by atoms with van der Waals surface area (Å²) in [7, 11) is 0. The van der Waals surface area contributed by atoms with Crippen LogP contribution in [0.15, 0.2) is 30.3 Å². The summed E-state index contributed by atoms with van der Waals surface area (Å²) in [5, 5.41) is 9.58. The normalized spacial score (nSPS) is 28.9. The van der Waals surface area contributed by atoms with Crippen LogP contribution in [0.4, 0.5) is 0 Å². The standard InChI is InChI=1S/C14H19NO2/c15-10-14(13(16)17)9-5-4-8-12(14)11-6-2-1-3-7-11/h1-3,6-7,12H,4-5,8-10,15H2,(H,16,17)/p+1/t12-,14+/m1/s1. The maximum atomic E-state index is 11.7. The van der Waals surface area contributed by atoms with E-state index in [0.29, 0.717) is 6.54 Å². The summed E-state index contributed by atoms with van der Waals surface area (Å²) in [6, 6.07) is 10.0. The van der Waals surface area contributed by atoms with E-state index in [1.165, 1.54) is 0 Å². The Balaban J connectivity index is 2.38. The van der Waals surface area contributed by atoms with Crippen LogP contribution in [0.2, 0.25) is 0 Å². The first-order chi connectivity index (χ1) is 8.20. The molecule has 1 fully saturated rings. The lowest BCUT2D eigenvalue weighted by Gasteiger charge is -2.38. The molecule has 1 aliphatic rings. The number of rotatable bonds is 3. The molecule has 92 valence electrons. The van der Waals surface area contributed by atoms with Gasteiger partial charge in [0.15, 0.2) is 0 Å². The molecule has 1 aromatic carbocycles. The first-order valence-corrected chi connectivity index (χ1v) is 6.28. The lowest BCUT2D eigenvalue weighted by molar-refractivity contribution is -0.392. The summed E-state index contributed by atoms with van der Waals surface area (Å²) in [6.07, 6.45) is 3.84. The minimum Gasteiger partial charge on any atom is -0.481 e. The average Bonchev–Trinajstić information content (AvgIpc) is 2.39. The number of carbonyl (C=O) groups is 1. The highest BCUT2D eigenvalue weighted by molar-refractivity contribution is 5.76. The molecule has 0 aromatic heterocycles. The van der Waals surface area contributed by atoms with Gasteiger partial charge < -0.3 is 10.8 Å². The predicted octanol–water partition coefficient (Wildman–Crippen LogP) is 1.66. The van der Waals surface area contributed by atoms with Crippen LogP contribution in [0.25, 0.3) is 0 Å². The summed E-state index contributed by atoms with van der Waals surface area (Å²) in [4.78, 5) is 11.7. The molecular weight excluding hydrogens is 214 g/mol. The molecule has 0 amide bonds. The van der Waals surface area contributed by atoms with Crippen LogP contribution in [0, 0.1) is 5.41 Å². The lowest BCUT2D eigenvalue weighted by atomic mass is 9.63. The Kier molecular flexibility index (Phi) is 3.48. The van der Waals surface area contributed by atoms with Gasteiger partial charge in [-0.15, -0.1) is 0 Å². The molecule has 1 aromatic rings.